The monoisotopic (exact) mass is 384 g/mol. The smallest absolute Gasteiger partial charge is 0.363 e. The van der Waals surface area contributed by atoms with Gasteiger partial charge in [0.25, 0.3) is 5.69 Å². The van der Waals surface area contributed by atoms with Gasteiger partial charge in [0, 0.05) is 18.1 Å². The van der Waals surface area contributed by atoms with Crippen molar-refractivity contribution in [2.75, 3.05) is 0 Å². The SMILES string of the molecule is CC1Cc2cc(/C=C3/N=C(c4ccc(Cl)c([N+](=O)[O-])c4)OC3=O)ccc2O1. The third-order valence-corrected chi connectivity index (χ3v) is 4.55. The Morgan fingerprint density at radius 1 is 1.30 bits per heavy atom. The van der Waals surface area contributed by atoms with E-state index in [2.05, 4.69) is 4.99 Å². The number of hydrogen-bond donors (Lipinski definition) is 0. The molecule has 0 fully saturated rings. The van der Waals surface area contributed by atoms with Gasteiger partial charge in [-0.2, -0.15) is 0 Å². The molecule has 0 bridgehead atoms. The number of carbonyl (C=O) groups excluding carboxylic acids is 1. The molecule has 7 nitrogen and oxygen atoms in total. The summed E-state index contributed by atoms with van der Waals surface area (Å²) in [6.45, 7) is 1.99. The molecule has 4 rings (SSSR count). The lowest BCUT2D eigenvalue weighted by Gasteiger charge is -2.02. The van der Waals surface area contributed by atoms with Crippen molar-refractivity contribution in [2.24, 2.45) is 4.99 Å². The third kappa shape index (κ3) is 3.29. The number of esters is 1. The molecule has 0 N–H and O–H groups in total. The summed E-state index contributed by atoms with van der Waals surface area (Å²) in [5, 5.41) is 11.0. The van der Waals surface area contributed by atoms with Crippen molar-refractivity contribution < 1.29 is 19.2 Å². The van der Waals surface area contributed by atoms with Gasteiger partial charge < -0.3 is 9.47 Å². The van der Waals surface area contributed by atoms with Crippen LogP contribution in [0.15, 0.2) is 47.1 Å². The molecular formula is C19H13ClN2O5. The van der Waals surface area contributed by atoms with Gasteiger partial charge in [-0.25, -0.2) is 9.79 Å². The number of halogens is 1. The minimum absolute atomic E-state index is 0.000901. The second-order valence-corrected chi connectivity index (χ2v) is 6.67. The van der Waals surface area contributed by atoms with Gasteiger partial charge >= 0.3 is 5.97 Å². The van der Waals surface area contributed by atoms with Crippen LogP contribution >= 0.6 is 11.6 Å². The van der Waals surface area contributed by atoms with Crippen LogP contribution in [0.2, 0.25) is 5.02 Å². The first-order valence-electron chi connectivity index (χ1n) is 8.17. The van der Waals surface area contributed by atoms with E-state index in [1.165, 1.54) is 18.2 Å². The Hall–Kier alpha value is -3.19. The average Bonchev–Trinajstić information content (AvgIpc) is 3.16. The standard InChI is InChI=1S/C19H13ClN2O5/c1-10-6-13-7-11(2-5-17(13)26-10)8-15-19(23)27-18(21-15)12-3-4-14(20)16(9-12)22(24)25/h2-5,7-10H,6H2,1H3/b15-8+. The van der Waals surface area contributed by atoms with E-state index in [1.807, 2.05) is 25.1 Å². The molecule has 2 aliphatic rings. The highest BCUT2D eigenvalue weighted by atomic mass is 35.5. The number of fused-ring (bicyclic) bond motifs is 1. The minimum atomic E-state index is -0.618. The highest BCUT2D eigenvalue weighted by molar-refractivity contribution is 6.32. The van der Waals surface area contributed by atoms with Crippen molar-refractivity contribution in [3.05, 3.63) is 73.9 Å². The first-order valence-corrected chi connectivity index (χ1v) is 8.55. The number of cyclic esters (lactones) is 1. The maximum atomic E-state index is 12.1. The molecule has 0 saturated carbocycles. The zero-order valence-electron chi connectivity index (χ0n) is 14.1. The fraction of sp³-hybridized carbons (Fsp3) is 0.158. The van der Waals surface area contributed by atoms with E-state index < -0.39 is 10.9 Å². The molecule has 0 radical (unpaired) electrons. The Labute approximate surface area is 159 Å². The van der Waals surface area contributed by atoms with Crippen LogP contribution in [0.3, 0.4) is 0 Å². The molecule has 0 saturated heterocycles. The van der Waals surface area contributed by atoms with E-state index in [0.29, 0.717) is 5.56 Å². The van der Waals surface area contributed by atoms with Crippen LogP contribution in [0, 0.1) is 10.1 Å². The summed E-state index contributed by atoms with van der Waals surface area (Å²) >= 11 is 5.81. The predicted molar refractivity (Wildman–Crippen MR) is 98.9 cm³/mol. The molecule has 27 heavy (non-hydrogen) atoms. The normalized spacial score (nSPS) is 19.5. The van der Waals surface area contributed by atoms with Gasteiger partial charge in [0.15, 0.2) is 5.70 Å². The van der Waals surface area contributed by atoms with Crippen LogP contribution in [-0.4, -0.2) is 22.9 Å². The molecule has 2 heterocycles. The molecule has 2 aliphatic heterocycles. The predicted octanol–water partition coefficient (Wildman–Crippen LogP) is 3.92. The van der Waals surface area contributed by atoms with Crippen LogP contribution < -0.4 is 4.74 Å². The maximum Gasteiger partial charge on any atom is 0.363 e. The number of carbonyl (C=O) groups is 1. The number of nitro groups is 1. The molecule has 0 aromatic heterocycles. The second-order valence-electron chi connectivity index (χ2n) is 6.26. The molecule has 0 aliphatic carbocycles. The first-order chi connectivity index (χ1) is 12.9. The van der Waals surface area contributed by atoms with Gasteiger partial charge in [0.2, 0.25) is 5.90 Å². The zero-order chi connectivity index (χ0) is 19.1. The maximum absolute atomic E-state index is 12.1. The number of nitro benzene ring substituents is 1. The number of ether oxygens (including phenoxy) is 2. The van der Waals surface area contributed by atoms with Gasteiger partial charge in [-0.3, -0.25) is 10.1 Å². The van der Waals surface area contributed by atoms with Crippen molar-refractivity contribution in [1.29, 1.82) is 0 Å². The molecule has 2 aromatic carbocycles. The third-order valence-electron chi connectivity index (χ3n) is 4.23. The van der Waals surface area contributed by atoms with E-state index >= 15 is 0 Å². The molecule has 0 spiro atoms. The van der Waals surface area contributed by atoms with Gasteiger partial charge in [0.1, 0.15) is 16.9 Å². The summed E-state index contributed by atoms with van der Waals surface area (Å²) in [7, 11) is 0. The number of rotatable bonds is 3. The molecule has 8 heteroatoms. The topological polar surface area (TPSA) is 91.0 Å². The number of hydrogen-bond acceptors (Lipinski definition) is 6. The Morgan fingerprint density at radius 2 is 2.11 bits per heavy atom. The summed E-state index contributed by atoms with van der Waals surface area (Å²) in [6, 6.07) is 9.75. The van der Waals surface area contributed by atoms with E-state index in [0.717, 1.165) is 23.3 Å². The summed E-state index contributed by atoms with van der Waals surface area (Å²) in [5.74, 6) is 0.230. The minimum Gasteiger partial charge on any atom is -0.490 e. The Balaban J connectivity index is 1.66. The Bertz CT molecular complexity index is 1040. The molecular weight excluding hydrogens is 372 g/mol. The quantitative estimate of drug-likeness (QED) is 0.346. The largest absolute Gasteiger partial charge is 0.490 e. The molecule has 136 valence electrons. The summed E-state index contributed by atoms with van der Waals surface area (Å²) in [6.07, 6.45) is 2.55. The van der Waals surface area contributed by atoms with Crippen molar-refractivity contribution in [2.45, 2.75) is 19.4 Å². The van der Waals surface area contributed by atoms with Crippen molar-refractivity contribution in [1.82, 2.24) is 0 Å². The van der Waals surface area contributed by atoms with Gasteiger partial charge in [-0.05, 0) is 48.4 Å². The van der Waals surface area contributed by atoms with Crippen LogP contribution in [0.1, 0.15) is 23.6 Å². The number of aliphatic imine (C=N–C) groups is 1. The molecule has 0 amide bonds. The first kappa shape index (κ1) is 17.2. The lowest BCUT2D eigenvalue weighted by atomic mass is 10.1. The van der Waals surface area contributed by atoms with Crippen LogP contribution in [-0.2, 0) is 16.0 Å². The second kappa shape index (κ2) is 6.51. The Morgan fingerprint density at radius 3 is 2.89 bits per heavy atom. The van der Waals surface area contributed by atoms with Crippen molar-refractivity contribution in [3.8, 4) is 5.75 Å². The molecule has 1 atom stereocenters. The average molecular weight is 385 g/mol. The summed E-state index contributed by atoms with van der Waals surface area (Å²) in [4.78, 5) is 26.7. The fourth-order valence-electron chi connectivity index (χ4n) is 3.01. The highest BCUT2D eigenvalue weighted by Gasteiger charge is 2.26. The van der Waals surface area contributed by atoms with E-state index in [9.17, 15) is 14.9 Å². The fourth-order valence-corrected chi connectivity index (χ4v) is 3.19. The van der Waals surface area contributed by atoms with Crippen LogP contribution in [0.25, 0.3) is 6.08 Å². The van der Waals surface area contributed by atoms with Crippen molar-refractivity contribution >= 4 is 35.2 Å². The number of benzene rings is 2. The lowest BCUT2D eigenvalue weighted by Crippen LogP contribution is -2.06. The van der Waals surface area contributed by atoms with Gasteiger partial charge in [0.05, 0.1) is 4.92 Å². The Kier molecular flexibility index (Phi) is 4.16. The van der Waals surface area contributed by atoms with E-state index in [4.69, 9.17) is 21.1 Å². The lowest BCUT2D eigenvalue weighted by molar-refractivity contribution is -0.384. The number of nitrogens with zero attached hydrogens (tertiary/aromatic N) is 2. The van der Waals surface area contributed by atoms with Gasteiger partial charge in [-0.1, -0.05) is 17.7 Å². The summed E-state index contributed by atoms with van der Waals surface area (Å²) in [5.41, 5.74) is 2.01. The van der Waals surface area contributed by atoms with Crippen LogP contribution in [0.5, 0.6) is 5.75 Å². The van der Waals surface area contributed by atoms with E-state index in [1.54, 1.807) is 6.08 Å². The van der Waals surface area contributed by atoms with Crippen LogP contribution in [0.4, 0.5) is 5.69 Å². The molecule has 1 unspecified atom stereocenters. The molecule has 2 aromatic rings. The van der Waals surface area contributed by atoms with Gasteiger partial charge in [-0.15, -0.1) is 0 Å². The summed E-state index contributed by atoms with van der Waals surface area (Å²) < 4.78 is 10.8. The van der Waals surface area contributed by atoms with Crippen molar-refractivity contribution in [3.63, 3.8) is 0 Å². The zero-order valence-corrected chi connectivity index (χ0v) is 14.9. The van der Waals surface area contributed by atoms with E-state index in [-0.39, 0.29) is 28.4 Å². The highest BCUT2D eigenvalue weighted by Crippen LogP contribution is 2.31.